The number of benzene rings is 1. The van der Waals surface area contributed by atoms with E-state index in [9.17, 15) is 9.59 Å². The molecule has 0 aliphatic carbocycles. The van der Waals surface area contributed by atoms with E-state index in [-0.39, 0.29) is 5.91 Å². The van der Waals surface area contributed by atoms with Crippen molar-refractivity contribution in [3.63, 3.8) is 0 Å². The summed E-state index contributed by atoms with van der Waals surface area (Å²) in [5.41, 5.74) is 0.869. The summed E-state index contributed by atoms with van der Waals surface area (Å²) in [5, 5.41) is 2.42. The third kappa shape index (κ3) is 4.46. The van der Waals surface area contributed by atoms with E-state index in [1.807, 2.05) is 23.1 Å². The summed E-state index contributed by atoms with van der Waals surface area (Å²) >= 11 is 0. The smallest absolute Gasteiger partial charge is 0.410 e. The van der Waals surface area contributed by atoms with Gasteiger partial charge in [0.2, 0.25) is 5.91 Å². The maximum Gasteiger partial charge on any atom is 0.412 e. The predicted octanol–water partition coefficient (Wildman–Crippen LogP) is 1.11. The highest BCUT2D eigenvalue weighted by Gasteiger charge is 2.19. The van der Waals surface area contributed by atoms with Gasteiger partial charge in [-0.3, -0.25) is 4.79 Å². The lowest BCUT2D eigenvalue weighted by Gasteiger charge is -2.32. The molecule has 0 atom stereocenters. The molecule has 0 bridgehead atoms. The van der Waals surface area contributed by atoms with E-state index < -0.39 is 6.09 Å². The fraction of sp³-hybridized carbons (Fsp3) is 0.500. The highest BCUT2D eigenvalue weighted by molar-refractivity contribution is 5.77. The van der Waals surface area contributed by atoms with Gasteiger partial charge in [0.25, 0.3) is 0 Å². The van der Waals surface area contributed by atoms with Crippen LogP contribution < -0.4 is 10.1 Å². The average molecular weight is 305 g/mol. The van der Waals surface area contributed by atoms with Crippen LogP contribution in [-0.2, 0) is 11.2 Å². The number of rotatable bonds is 4. The molecule has 1 fully saturated rings. The van der Waals surface area contributed by atoms with Crippen LogP contribution in [0.15, 0.2) is 24.3 Å². The third-order valence-electron chi connectivity index (χ3n) is 3.84. The molecule has 1 aromatic carbocycles. The first-order valence-electron chi connectivity index (χ1n) is 7.54. The first kappa shape index (κ1) is 16.3. The number of piperazine rings is 1. The molecule has 120 valence electrons. The van der Waals surface area contributed by atoms with Crippen molar-refractivity contribution in [2.75, 3.05) is 40.3 Å². The van der Waals surface area contributed by atoms with Crippen molar-refractivity contribution in [3.8, 4) is 5.75 Å². The largest absolute Gasteiger partial charge is 0.412 e. The second kappa shape index (κ2) is 7.79. The van der Waals surface area contributed by atoms with Crippen LogP contribution >= 0.6 is 0 Å². The van der Waals surface area contributed by atoms with Crippen LogP contribution in [-0.4, -0.2) is 62.1 Å². The van der Waals surface area contributed by atoms with E-state index in [1.165, 1.54) is 7.05 Å². The number of hydrogen-bond acceptors (Lipinski definition) is 4. The molecule has 1 aliphatic rings. The van der Waals surface area contributed by atoms with Gasteiger partial charge in [-0.1, -0.05) is 18.2 Å². The Morgan fingerprint density at radius 2 is 1.86 bits per heavy atom. The fourth-order valence-corrected chi connectivity index (χ4v) is 2.42. The number of nitrogens with one attached hydrogen (secondary N) is 1. The number of amides is 2. The number of para-hydroxylation sites is 1. The van der Waals surface area contributed by atoms with Gasteiger partial charge in [0.1, 0.15) is 5.75 Å². The molecule has 1 aromatic rings. The lowest BCUT2D eigenvalue weighted by atomic mass is 10.1. The van der Waals surface area contributed by atoms with E-state index in [4.69, 9.17) is 4.74 Å². The minimum absolute atomic E-state index is 0.155. The number of hydrogen-bond donors (Lipinski definition) is 1. The van der Waals surface area contributed by atoms with Gasteiger partial charge in [-0.25, -0.2) is 4.79 Å². The Morgan fingerprint density at radius 1 is 1.18 bits per heavy atom. The fourth-order valence-electron chi connectivity index (χ4n) is 2.42. The SMILES string of the molecule is CNC(=O)Oc1ccccc1CCC(=O)N1CCN(C)CC1. The monoisotopic (exact) mass is 305 g/mol. The van der Waals surface area contributed by atoms with Gasteiger partial charge in [-0.05, 0) is 25.1 Å². The van der Waals surface area contributed by atoms with Gasteiger partial charge in [-0.2, -0.15) is 0 Å². The molecule has 0 spiro atoms. The lowest BCUT2D eigenvalue weighted by molar-refractivity contribution is -0.132. The number of aryl methyl sites for hydroxylation is 1. The Morgan fingerprint density at radius 3 is 2.55 bits per heavy atom. The summed E-state index contributed by atoms with van der Waals surface area (Å²) in [6.07, 6.45) is 0.494. The van der Waals surface area contributed by atoms with Gasteiger partial charge in [0, 0.05) is 39.6 Å². The molecule has 6 heteroatoms. The molecule has 0 unspecified atom stereocenters. The van der Waals surface area contributed by atoms with E-state index >= 15 is 0 Å². The van der Waals surface area contributed by atoms with Gasteiger partial charge in [0.05, 0.1) is 0 Å². The Kier molecular flexibility index (Phi) is 5.77. The zero-order chi connectivity index (χ0) is 15.9. The van der Waals surface area contributed by atoms with Crippen LogP contribution in [0.3, 0.4) is 0 Å². The summed E-state index contributed by atoms with van der Waals surface area (Å²) in [6.45, 7) is 3.40. The van der Waals surface area contributed by atoms with Gasteiger partial charge >= 0.3 is 6.09 Å². The summed E-state index contributed by atoms with van der Waals surface area (Å²) in [7, 11) is 3.58. The Bertz CT molecular complexity index is 525. The van der Waals surface area contributed by atoms with Crippen molar-refractivity contribution < 1.29 is 14.3 Å². The van der Waals surface area contributed by atoms with E-state index in [1.54, 1.807) is 6.07 Å². The highest BCUT2D eigenvalue weighted by atomic mass is 16.6. The third-order valence-corrected chi connectivity index (χ3v) is 3.84. The summed E-state index contributed by atoms with van der Waals surface area (Å²) < 4.78 is 5.20. The molecule has 1 saturated heterocycles. The maximum atomic E-state index is 12.3. The summed E-state index contributed by atoms with van der Waals surface area (Å²) in [5.74, 6) is 0.663. The first-order chi connectivity index (χ1) is 10.6. The van der Waals surface area contributed by atoms with Crippen molar-refractivity contribution in [2.24, 2.45) is 0 Å². The number of carbonyl (C=O) groups is 2. The van der Waals surface area contributed by atoms with Crippen LogP contribution in [0.5, 0.6) is 5.75 Å². The molecule has 6 nitrogen and oxygen atoms in total. The van der Waals surface area contributed by atoms with E-state index in [2.05, 4.69) is 17.3 Å². The average Bonchev–Trinajstić information content (AvgIpc) is 2.54. The molecule has 0 saturated carbocycles. The van der Waals surface area contributed by atoms with Gasteiger partial charge in [-0.15, -0.1) is 0 Å². The highest BCUT2D eigenvalue weighted by Crippen LogP contribution is 2.20. The number of carbonyl (C=O) groups excluding carboxylic acids is 2. The molecule has 2 rings (SSSR count). The number of likely N-dealkylation sites (N-methyl/N-ethyl adjacent to an activating group) is 1. The Balaban J connectivity index is 1.91. The van der Waals surface area contributed by atoms with E-state index in [0.29, 0.717) is 18.6 Å². The minimum atomic E-state index is -0.502. The second-order valence-corrected chi connectivity index (χ2v) is 5.43. The van der Waals surface area contributed by atoms with Crippen molar-refractivity contribution in [1.82, 2.24) is 15.1 Å². The number of nitrogens with zero attached hydrogens (tertiary/aromatic N) is 2. The van der Waals surface area contributed by atoms with Gasteiger partial charge in [0.15, 0.2) is 0 Å². The van der Waals surface area contributed by atoms with Crippen molar-refractivity contribution in [1.29, 1.82) is 0 Å². The molecule has 22 heavy (non-hydrogen) atoms. The zero-order valence-corrected chi connectivity index (χ0v) is 13.2. The quantitative estimate of drug-likeness (QED) is 0.905. The second-order valence-electron chi connectivity index (χ2n) is 5.43. The lowest BCUT2D eigenvalue weighted by Crippen LogP contribution is -2.47. The number of ether oxygens (including phenoxy) is 1. The first-order valence-corrected chi connectivity index (χ1v) is 7.54. The Labute approximate surface area is 131 Å². The van der Waals surface area contributed by atoms with Crippen LogP contribution in [0.2, 0.25) is 0 Å². The standard InChI is InChI=1S/C16H23N3O3/c1-17-16(21)22-14-6-4-3-5-13(14)7-8-15(20)19-11-9-18(2)10-12-19/h3-6H,7-12H2,1-2H3,(H,17,21). The molecule has 1 aliphatic heterocycles. The van der Waals surface area contributed by atoms with Crippen molar-refractivity contribution >= 4 is 12.0 Å². The van der Waals surface area contributed by atoms with Crippen molar-refractivity contribution in [2.45, 2.75) is 12.8 Å². The summed E-state index contributed by atoms with van der Waals surface area (Å²) in [6, 6.07) is 7.32. The van der Waals surface area contributed by atoms with Crippen LogP contribution in [0.25, 0.3) is 0 Å². The molecule has 0 aromatic heterocycles. The van der Waals surface area contributed by atoms with Crippen molar-refractivity contribution in [3.05, 3.63) is 29.8 Å². The Hall–Kier alpha value is -2.08. The molecular formula is C16H23N3O3. The normalized spacial score (nSPS) is 15.5. The molecule has 0 radical (unpaired) electrons. The molecule has 1 N–H and O–H groups in total. The minimum Gasteiger partial charge on any atom is -0.410 e. The van der Waals surface area contributed by atoms with Crippen LogP contribution in [0, 0.1) is 0 Å². The topological polar surface area (TPSA) is 61.9 Å². The van der Waals surface area contributed by atoms with E-state index in [0.717, 1.165) is 31.7 Å². The van der Waals surface area contributed by atoms with Crippen LogP contribution in [0.4, 0.5) is 4.79 Å². The van der Waals surface area contributed by atoms with Gasteiger partial charge < -0.3 is 19.9 Å². The molecule has 2 amide bonds. The maximum absolute atomic E-state index is 12.3. The van der Waals surface area contributed by atoms with Crippen LogP contribution in [0.1, 0.15) is 12.0 Å². The zero-order valence-electron chi connectivity index (χ0n) is 13.2. The molecular weight excluding hydrogens is 282 g/mol. The predicted molar refractivity (Wildman–Crippen MR) is 83.9 cm³/mol. The molecule has 1 heterocycles. The summed E-state index contributed by atoms with van der Waals surface area (Å²) in [4.78, 5) is 27.7.